The van der Waals surface area contributed by atoms with Crippen LogP contribution < -0.4 is 10.6 Å². The first-order valence-electron chi connectivity index (χ1n) is 6.52. The van der Waals surface area contributed by atoms with E-state index in [1.54, 1.807) is 6.07 Å². The van der Waals surface area contributed by atoms with Gasteiger partial charge in [0.1, 0.15) is 17.3 Å². The summed E-state index contributed by atoms with van der Waals surface area (Å²) in [4.78, 5) is 11.8. The summed E-state index contributed by atoms with van der Waals surface area (Å²) in [6.45, 7) is 2.43. The Morgan fingerprint density at radius 2 is 2.05 bits per heavy atom. The van der Waals surface area contributed by atoms with Gasteiger partial charge in [0, 0.05) is 18.2 Å². The summed E-state index contributed by atoms with van der Waals surface area (Å²) in [5.41, 5.74) is -0.310. The van der Waals surface area contributed by atoms with Gasteiger partial charge in [0.15, 0.2) is 5.76 Å². The average Bonchev–Trinajstić information content (AvgIpc) is 2.97. The fraction of sp³-hybridized carbons (Fsp3) is 0.286. The van der Waals surface area contributed by atoms with Gasteiger partial charge in [0.2, 0.25) is 0 Å². The van der Waals surface area contributed by atoms with Crippen molar-refractivity contribution < 1.29 is 18.1 Å². The van der Waals surface area contributed by atoms with Gasteiger partial charge in [-0.25, -0.2) is 8.78 Å². The molecular weight excluding hydrogens is 280 g/mol. The van der Waals surface area contributed by atoms with Gasteiger partial charge in [-0.3, -0.25) is 4.79 Å². The number of nitrogens with zero attached hydrogens (tertiary/aromatic N) is 1. The highest BCUT2D eigenvalue weighted by Gasteiger charge is 2.15. The van der Waals surface area contributed by atoms with E-state index in [0.29, 0.717) is 12.3 Å². The maximum atomic E-state index is 13.8. The summed E-state index contributed by atoms with van der Waals surface area (Å²) in [7, 11) is 0. The number of aromatic nitrogens is 1. The third-order valence-corrected chi connectivity index (χ3v) is 2.77. The maximum Gasteiger partial charge on any atom is 0.251 e. The zero-order valence-electron chi connectivity index (χ0n) is 11.5. The summed E-state index contributed by atoms with van der Waals surface area (Å²) < 4.78 is 32.4. The van der Waals surface area contributed by atoms with Crippen LogP contribution in [-0.2, 0) is 6.54 Å². The molecule has 0 aliphatic carbocycles. The average molecular weight is 295 g/mol. The van der Waals surface area contributed by atoms with E-state index in [1.165, 1.54) is 6.20 Å². The molecule has 1 amide bonds. The number of amides is 1. The molecule has 0 spiro atoms. The highest BCUT2D eigenvalue weighted by atomic mass is 19.1. The first kappa shape index (κ1) is 15.0. The van der Waals surface area contributed by atoms with Crippen LogP contribution in [0.2, 0.25) is 0 Å². The molecule has 0 aliphatic heterocycles. The number of anilines is 1. The summed E-state index contributed by atoms with van der Waals surface area (Å²) in [5.74, 6) is -1.74. The lowest BCUT2D eigenvalue weighted by molar-refractivity contribution is 0.0946. The third kappa shape index (κ3) is 3.77. The minimum atomic E-state index is -0.798. The molecule has 0 bridgehead atoms. The van der Waals surface area contributed by atoms with Gasteiger partial charge >= 0.3 is 0 Å². The number of hydrogen-bond acceptors (Lipinski definition) is 4. The molecule has 7 heteroatoms. The number of nitrogens with one attached hydrogen (secondary N) is 2. The molecule has 112 valence electrons. The minimum Gasteiger partial charge on any atom is -0.380 e. The fourth-order valence-corrected chi connectivity index (χ4v) is 1.73. The molecule has 2 rings (SSSR count). The van der Waals surface area contributed by atoms with Crippen molar-refractivity contribution in [1.82, 2.24) is 10.5 Å². The van der Waals surface area contributed by atoms with Crippen LogP contribution in [0.3, 0.4) is 0 Å². The Kier molecular flexibility index (Phi) is 4.86. The summed E-state index contributed by atoms with van der Waals surface area (Å²) in [6.07, 6.45) is 2.17. The fourth-order valence-electron chi connectivity index (χ4n) is 1.73. The molecule has 1 aromatic carbocycles. The van der Waals surface area contributed by atoms with E-state index in [-0.39, 0.29) is 17.8 Å². The van der Waals surface area contributed by atoms with Crippen molar-refractivity contribution in [2.45, 2.75) is 19.9 Å². The van der Waals surface area contributed by atoms with Gasteiger partial charge in [-0.05, 0) is 18.6 Å². The van der Waals surface area contributed by atoms with Crippen molar-refractivity contribution in [3.05, 3.63) is 47.4 Å². The first-order valence-corrected chi connectivity index (χ1v) is 6.52. The van der Waals surface area contributed by atoms with Crippen LogP contribution in [0.25, 0.3) is 0 Å². The van der Waals surface area contributed by atoms with E-state index in [2.05, 4.69) is 15.8 Å². The normalized spacial score (nSPS) is 10.4. The smallest absolute Gasteiger partial charge is 0.251 e. The number of rotatable bonds is 6. The summed E-state index contributed by atoms with van der Waals surface area (Å²) >= 11 is 0. The molecule has 21 heavy (non-hydrogen) atoms. The van der Waals surface area contributed by atoms with Gasteiger partial charge < -0.3 is 15.2 Å². The summed E-state index contributed by atoms with van der Waals surface area (Å²) in [6, 6.07) is 3.58. The molecule has 2 N–H and O–H groups in total. The standard InChI is InChI=1S/C14H15F2N3O2/c1-2-4-17-13-11(15)6-9(7-12(13)16)14(20)18-8-10-3-5-19-21-10/h3,5-7,17H,2,4,8H2,1H3,(H,18,20). The van der Waals surface area contributed by atoms with E-state index in [1.807, 2.05) is 6.92 Å². The Hall–Kier alpha value is -2.44. The predicted molar refractivity (Wildman–Crippen MR) is 72.8 cm³/mol. The molecule has 0 unspecified atom stereocenters. The monoisotopic (exact) mass is 295 g/mol. The van der Waals surface area contributed by atoms with Crippen LogP contribution in [0, 0.1) is 11.6 Å². The molecule has 0 aliphatic rings. The maximum absolute atomic E-state index is 13.8. The lowest BCUT2D eigenvalue weighted by Crippen LogP contribution is -2.23. The molecular formula is C14H15F2N3O2. The van der Waals surface area contributed by atoms with Crippen LogP contribution in [-0.4, -0.2) is 17.6 Å². The van der Waals surface area contributed by atoms with E-state index in [0.717, 1.165) is 18.6 Å². The highest BCUT2D eigenvalue weighted by Crippen LogP contribution is 2.20. The van der Waals surface area contributed by atoms with Crippen molar-refractivity contribution in [3.63, 3.8) is 0 Å². The second-order valence-electron chi connectivity index (χ2n) is 4.40. The number of benzene rings is 1. The Balaban J connectivity index is 2.07. The van der Waals surface area contributed by atoms with Crippen molar-refractivity contribution in [3.8, 4) is 0 Å². The van der Waals surface area contributed by atoms with Gasteiger partial charge in [0.25, 0.3) is 5.91 Å². The minimum absolute atomic E-state index is 0.0911. The lowest BCUT2D eigenvalue weighted by Gasteiger charge is -2.10. The van der Waals surface area contributed by atoms with Crippen molar-refractivity contribution >= 4 is 11.6 Å². The van der Waals surface area contributed by atoms with E-state index < -0.39 is 17.5 Å². The largest absolute Gasteiger partial charge is 0.380 e. The first-order chi connectivity index (χ1) is 10.1. The third-order valence-electron chi connectivity index (χ3n) is 2.77. The van der Waals surface area contributed by atoms with E-state index in [4.69, 9.17) is 4.52 Å². The molecule has 0 saturated heterocycles. The molecule has 2 aromatic rings. The van der Waals surface area contributed by atoms with Crippen LogP contribution in [0.15, 0.2) is 28.9 Å². The molecule has 0 atom stereocenters. The molecule has 0 fully saturated rings. The van der Waals surface area contributed by atoms with Crippen molar-refractivity contribution in [1.29, 1.82) is 0 Å². The van der Waals surface area contributed by atoms with Crippen LogP contribution in [0.5, 0.6) is 0 Å². The topological polar surface area (TPSA) is 67.2 Å². The molecule has 1 heterocycles. The molecule has 5 nitrogen and oxygen atoms in total. The van der Waals surface area contributed by atoms with Crippen LogP contribution in [0.1, 0.15) is 29.5 Å². The van der Waals surface area contributed by atoms with Gasteiger partial charge in [0.05, 0.1) is 12.7 Å². The number of carbonyl (C=O) groups is 1. The van der Waals surface area contributed by atoms with Gasteiger partial charge in [-0.1, -0.05) is 12.1 Å². The van der Waals surface area contributed by atoms with Crippen molar-refractivity contribution in [2.24, 2.45) is 0 Å². The Labute approximate surface area is 120 Å². The Morgan fingerprint density at radius 3 is 2.62 bits per heavy atom. The highest BCUT2D eigenvalue weighted by molar-refractivity contribution is 5.94. The van der Waals surface area contributed by atoms with Crippen LogP contribution in [0.4, 0.5) is 14.5 Å². The van der Waals surface area contributed by atoms with Gasteiger partial charge in [-0.2, -0.15) is 0 Å². The van der Waals surface area contributed by atoms with Crippen LogP contribution >= 0.6 is 0 Å². The number of hydrogen-bond donors (Lipinski definition) is 2. The molecule has 0 radical (unpaired) electrons. The Morgan fingerprint density at radius 1 is 1.33 bits per heavy atom. The molecule has 1 aromatic heterocycles. The SMILES string of the molecule is CCCNc1c(F)cc(C(=O)NCc2ccno2)cc1F. The second-order valence-corrected chi connectivity index (χ2v) is 4.40. The van der Waals surface area contributed by atoms with E-state index >= 15 is 0 Å². The Bertz CT molecular complexity index is 592. The number of halogens is 2. The van der Waals surface area contributed by atoms with Gasteiger partial charge in [-0.15, -0.1) is 0 Å². The zero-order valence-corrected chi connectivity index (χ0v) is 11.5. The predicted octanol–water partition coefficient (Wildman–Crippen LogP) is 2.70. The lowest BCUT2D eigenvalue weighted by atomic mass is 10.1. The van der Waals surface area contributed by atoms with E-state index in [9.17, 15) is 13.6 Å². The quantitative estimate of drug-likeness (QED) is 0.860. The summed E-state index contributed by atoms with van der Waals surface area (Å²) in [5, 5.41) is 8.63. The number of carbonyl (C=O) groups excluding carboxylic acids is 1. The molecule has 0 saturated carbocycles. The zero-order chi connectivity index (χ0) is 15.2. The van der Waals surface area contributed by atoms with Crippen molar-refractivity contribution in [2.75, 3.05) is 11.9 Å². The second kappa shape index (κ2) is 6.83.